The van der Waals surface area contributed by atoms with Gasteiger partial charge in [-0.2, -0.15) is 0 Å². The second-order valence-electron chi connectivity index (χ2n) is 5.92. The van der Waals surface area contributed by atoms with E-state index in [0.717, 1.165) is 32.4 Å². The standard InChI is InChI=1S/C12H23N3O3S/c1-12(3-2-4-12)11(16)15-7-5-14(6-8-15)9-10-19(13,17)18/h2-10H2,1H3,(H2,13,17,18). The lowest BCUT2D eigenvalue weighted by molar-refractivity contribution is -0.147. The van der Waals surface area contributed by atoms with Gasteiger partial charge in [-0.05, 0) is 12.8 Å². The maximum absolute atomic E-state index is 12.3. The van der Waals surface area contributed by atoms with Crippen molar-refractivity contribution < 1.29 is 13.2 Å². The summed E-state index contributed by atoms with van der Waals surface area (Å²) in [5.41, 5.74) is -0.136. The van der Waals surface area contributed by atoms with Crippen LogP contribution in [0.3, 0.4) is 0 Å². The number of piperazine rings is 1. The highest BCUT2D eigenvalue weighted by Gasteiger charge is 2.42. The Kier molecular flexibility index (Phi) is 4.17. The van der Waals surface area contributed by atoms with Crippen LogP contribution in [0.4, 0.5) is 0 Å². The van der Waals surface area contributed by atoms with Crippen molar-refractivity contribution in [2.24, 2.45) is 10.6 Å². The molecule has 0 aromatic carbocycles. The van der Waals surface area contributed by atoms with Gasteiger partial charge in [0.2, 0.25) is 15.9 Å². The van der Waals surface area contributed by atoms with Crippen LogP contribution in [0, 0.1) is 5.41 Å². The predicted molar refractivity (Wildman–Crippen MR) is 73.0 cm³/mol. The Morgan fingerprint density at radius 1 is 1.21 bits per heavy atom. The van der Waals surface area contributed by atoms with Gasteiger partial charge < -0.3 is 4.90 Å². The second-order valence-corrected chi connectivity index (χ2v) is 7.65. The van der Waals surface area contributed by atoms with Gasteiger partial charge in [0.25, 0.3) is 0 Å². The zero-order valence-corrected chi connectivity index (χ0v) is 12.3. The highest BCUT2D eigenvalue weighted by molar-refractivity contribution is 7.89. The maximum Gasteiger partial charge on any atom is 0.228 e. The monoisotopic (exact) mass is 289 g/mol. The number of nitrogens with zero attached hydrogens (tertiary/aromatic N) is 2. The largest absolute Gasteiger partial charge is 0.340 e. The van der Waals surface area contributed by atoms with Gasteiger partial charge in [0.1, 0.15) is 0 Å². The van der Waals surface area contributed by atoms with Gasteiger partial charge in [0.05, 0.1) is 5.75 Å². The van der Waals surface area contributed by atoms with Crippen molar-refractivity contribution in [2.45, 2.75) is 26.2 Å². The minimum absolute atomic E-state index is 0.0152. The third-order valence-corrected chi connectivity index (χ3v) is 5.08. The first kappa shape index (κ1) is 14.7. The molecule has 2 rings (SSSR count). The average Bonchev–Trinajstić information content (AvgIpc) is 2.32. The Balaban J connectivity index is 1.78. The van der Waals surface area contributed by atoms with Crippen LogP contribution in [0.25, 0.3) is 0 Å². The SMILES string of the molecule is CC1(C(=O)N2CCN(CCS(N)(=O)=O)CC2)CCC1. The highest BCUT2D eigenvalue weighted by atomic mass is 32.2. The molecule has 0 radical (unpaired) electrons. The lowest BCUT2D eigenvalue weighted by Gasteiger charge is -2.43. The van der Waals surface area contributed by atoms with E-state index < -0.39 is 10.0 Å². The predicted octanol–water partition coefficient (Wildman–Crippen LogP) is -0.391. The fourth-order valence-corrected chi connectivity index (χ4v) is 3.25. The molecule has 2 N–H and O–H groups in total. The van der Waals surface area contributed by atoms with E-state index in [1.54, 1.807) is 0 Å². The molecule has 1 saturated carbocycles. The molecule has 2 fully saturated rings. The van der Waals surface area contributed by atoms with Crippen LogP contribution in [0.2, 0.25) is 0 Å². The first-order chi connectivity index (χ1) is 8.80. The third-order valence-electron chi connectivity index (χ3n) is 4.32. The molecule has 19 heavy (non-hydrogen) atoms. The van der Waals surface area contributed by atoms with Gasteiger partial charge in [-0.1, -0.05) is 13.3 Å². The summed E-state index contributed by atoms with van der Waals surface area (Å²) in [5, 5.41) is 4.99. The lowest BCUT2D eigenvalue weighted by atomic mass is 9.69. The molecule has 0 unspecified atom stereocenters. The Hall–Kier alpha value is -0.660. The molecule has 1 heterocycles. The van der Waals surface area contributed by atoms with E-state index in [1.807, 2.05) is 11.8 Å². The van der Waals surface area contributed by atoms with E-state index in [4.69, 9.17) is 5.14 Å². The van der Waals surface area contributed by atoms with Crippen LogP contribution in [0.1, 0.15) is 26.2 Å². The van der Waals surface area contributed by atoms with Crippen LogP contribution in [-0.4, -0.2) is 62.6 Å². The summed E-state index contributed by atoms with van der Waals surface area (Å²) in [5.74, 6) is 0.253. The Labute approximate surface area is 115 Å². The summed E-state index contributed by atoms with van der Waals surface area (Å²) in [6, 6.07) is 0. The van der Waals surface area contributed by atoms with Gasteiger partial charge in [0.15, 0.2) is 0 Å². The van der Waals surface area contributed by atoms with Gasteiger partial charge in [-0.3, -0.25) is 9.69 Å². The topological polar surface area (TPSA) is 83.7 Å². The Bertz CT molecular complexity index is 437. The summed E-state index contributed by atoms with van der Waals surface area (Å²) in [7, 11) is -3.39. The fraction of sp³-hybridized carbons (Fsp3) is 0.917. The van der Waals surface area contributed by atoms with Crippen molar-refractivity contribution >= 4 is 15.9 Å². The number of rotatable bonds is 4. The van der Waals surface area contributed by atoms with Crippen molar-refractivity contribution in [1.29, 1.82) is 0 Å². The zero-order chi connectivity index (χ0) is 14.1. The number of carbonyl (C=O) groups excluding carboxylic acids is 1. The van der Waals surface area contributed by atoms with Crippen molar-refractivity contribution in [3.63, 3.8) is 0 Å². The number of primary sulfonamides is 1. The summed E-state index contributed by atoms with van der Waals surface area (Å²) in [6.07, 6.45) is 3.14. The van der Waals surface area contributed by atoms with Gasteiger partial charge in [-0.25, -0.2) is 13.6 Å². The van der Waals surface area contributed by atoms with Crippen LogP contribution in [-0.2, 0) is 14.8 Å². The molecule has 110 valence electrons. The maximum atomic E-state index is 12.3. The average molecular weight is 289 g/mol. The molecule has 0 aromatic heterocycles. The summed E-state index contributed by atoms with van der Waals surface area (Å²) < 4.78 is 21.8. The molecular formula is C12H23N3O3S. The van der Waals surface area contributed by atoms with E-state index >= 15 is 0 Å². The zero-order valence-electron chi connectivity index (χ0n) is 11.5. The number of carbonyl (C=O) groups is 1. The Morgan fingerprint density at radius 3 is 2.21 bits per heavy atom. The van der Waals surface area contributed by atoms with E-state index in [1.165, 1.54) is 0 Å². The molecule has 1 aliphatic heterocycles. The lowest BCUT2D eigenvalue weighted by Crippen LogP contribution is -2.54. The van der Waals surface area contributed by atoms with Crippen molar-refractivity contribution in [1.82, 2.24) is 9.80 Å². The number of amides is 1. The van der Waals surface area contributed by atoms with Crippen LogP contribution < -0.4 is 5.14 Å². The molecule has 1 saturated heterocycles. The molecular weight excluding hydrogens is 266 g/mol. The summed E-state index contributed by atoms with van der Waals surface area (Å²) in [6.45, 7) is 5.36. The normalized spacial score (nSPS) is 24.0. The first-order valence-electron chi connectivity index (χ1n) is 6.82. The quantitative estimate of drug-likeness (QED) is 0.764. The summed E-state index contributed by atoms with van der Waals surface area (Å²) in [4.78, 5) is 16.3. The molecule has 0 atom stereocenters. The van der Waals surface area contributed by atoms with E-state index in [2.05, 4.69) is 4.90 Å². The highest BCUT2D eigenvalue weighted by Crippen LogP contribution is 2.41. The molecule has 0 spiro atoms. The van der Waals surface area contributed by atoms with Gasteiger partial charge >= 0.3 is 0 Å². The van der Waals surface area contributed by atoms with Crippen LogP contribution >= 0.6 is 0 Å². The smallest absolute Gasteiger partial charge is 0.228 e. The molecule has 0 bridgehead atoms. The van der Waals surface area contributed by atoms with Crippen molar-refractivity contribution in [3.05, 3.63) is 0 Å². The second kappa shape index (κ2) is 5.38. The Morgan fingerprint density at radius 2 is 1.79 bits per heavy atom. The molecule has 0 aromatic rings. The molecule has 2 aliphatic rings. The minimum Gasteiger partial charge on any atom is -0.340 e. The van der Waals surface area contributed by atoms with Gasteiger partial charge in [0, 0.05) is 38.1 Å². The van der Waals surface area contributed by atoms with E-state index in [9.17, 15) is 13.2 Å². The molecule has 1 aliphatic carbocycles. The molecule has 1 amide bonds. The third kappa shape index (κ3) is 3.67. The summed E-state index contributed by atoms with van der Waals surface area (Å²) >= 11 is 0. The first-order valence-corrected chi connectivity index (χ1v) is 8.54. The van der Waals surface area contributed by atoms with Crippen LogP contribution in [0.5, 0.6) is 0 Å². The number of hydrogen-bond acceptors (Lipinski definition) is 4. The van der Waals surface area contributed by atoms with E-state index in [0.29, 0.717) is 19.6 Å². The fourth-order valence-electron chi connectivity index (χ4n) is 2.73. The molecule has 7 heteroatoms. The van der Waals surface area contributed by atoms with Crippen LogP contribution in [0.15, 0.2) is 0 Å². The van der Waals surface area contributed by atoms with Crippen molar-refractivity contribution in [2.75, 3.05) is 38.5 Å². The molecule has 6 nitrogen and oxygen atoms in total. The number of sulfonamides is 1. The van der Waals surface area contributed by atoms with Gasteiger partial charge in [-0.15, -0.1) is 0 Å². The number of hydrogen-bond donors (Lipinski definition) is 1. The number of nitrogens with two attached hydrogens (primary N) is 1. The van der Waals surface area contributed by atoms with Crippen molar-refractivity contribution in [3.8, 4) is 0 Å². The minimum atomic E-state index is -3.39. The van der Waals surface area contributed by atoms with E-state index in [-0.39, 0.29) is 17.1 Å².